The summed E-state index contributed by atoms with van der Waals surface area (Å²) in [6.07, 6.45) is 3.70. The summed E-state index contributed by atoms with van der Waals surface area (Å²) in [5.41, 5.74) is 2.44. The number of amides is 2. The maximum Gasteiger partial charge on any atom is 0.319 e. The molecule has 0 bridgehead atoms. The topological polar surface area (TPSA) is 81.6 Å². The fourth-order valence-corrected chi connectivity index (χ4v) is 1.85. The molecule has 0 heterocycles. The molecule has 114 valence electrons. The average molecular weight is 298 g/mol. The molecular weight excluding hydrogens is 280 g/mol. The summed E-state index contributed by atoms with van der Waals surface area (Å²) < 4.78 is 0. The summed E-state index contributed by atoms with van der Waals surface area (Å²) in [5.74, 6) is -0.290. The van der Waals surface area contributed by atoms with Gasteiger partial charge in [-0.3, -0.25) is 0 Å². The van der Waals surface area contributed by atoms with Crippen molar-refractivity contribution in [1.82, 2.24) is 5.32 Å². The SMILES string of the molecule is CCNC(=O)Nc1ccc(/C=C/c2ccc(O)c(O)c2)cc1. The van der Waals surface area contributed by atoms with E-state index in [9.17, 15) is 15.0 Å². The summed E-state index contributed by atoms with van der Waals surface area (Å²) in [7, 11) is 0. The van der Waals surface area contributed by atoms with Crippen LogP contribution in [0.25, 0.3) is 12.2 Å². The van der Waals surface area contributed by atoms with Gasteiger partial charge in [-0.15, -0.1) is 0 Å². The zero-order valence-electron chi connectivity index (χ0n) is 12.2. The van der Waals surface area contributed by atoms with Gasteiger partial charge < -0.3 is 20.8 Å². The van der Waals surface area contributed by atoms with Crippen molar-refractivity contribution in [3.63, 3.8) is 0 Å². The van der Waals surface area contributed by atoms with Crippen molar-refractivity contribution in [3.05, 3.63) is 53.6 Å². The molecule has 5 heteroatoms. The minimum absolute atomic E-state index is 0.141. The van der Waals surface area contributed by atoms with E-state index in [2.05, 4.69) is 10.6 Å². The van der Waals surface area contributed by atoms with Crippen LogP contribution >= 0.6 is 0 Å². The molecule has 0 atom stereocenters. The molecular formula is C17H18N2O3. The molecule has 0 saturated carbocycles. The lowest BCUT2D eigenvalue weighted by Crippen LogP contribution is -2.28. The molecule has 0 fully saturated rings. The lowest BCUT2D eigenvalue weighted by molar-refractivity contribution is 0.252. The van der Waals surface area contributed by atoms with Crippen molar-refractivity contribution in [2.45, 2.75) is 6.92 Å². The van der Waals surface area contributed by atoms with Gasteiger partial charge in [0, 0.05) is 12.2 Å². The third-order valence-electron chi connectivity index (χ3n) is 2.97. The van der Waals surface area contributed by atoms with Crippen LogP contribution in [0.5, 0.6) is 11.5 Å². The van der Waals surface area contributed by atoms with Crippen LogP contribution in [0.1, 0.15) is 18.1 Å². The predicted octanol–water partition coefficient (Wildman–Crippen LogP) is 3.41. The lowest BCUT2D eigenvalue weighted by atomic mass is 10.1. The molecule has 2 aromatic carbocycles. The minimum Gasteiger partial charge on any atom is -0.504 e. The first kappa shape index (κ1) is 15.4. The number of benzene rings is 2. The Bertz CT molecular complexity index is 679. The maximum absolute atomic E-state index is 11.4. The van der Waals surface area contributed by atoms with Gasteiger partial charge in [0.15, 0.2) is 11.5 Å². The molecule has 0 radical (unpaired) electrons. The second kappa shape index (κ2) is 7.17. The Morgan fingerprint density at radius 2 is 1.64 bits per heavy atom. The number of urea groups is 1. The van der Waals surface area contributed by atoms with Crippen LogP contribution in [0, 0.1) is 0 Å². The first-order valence-electron chi connectivity index (χ1n) is 6.93. The lowest BCUT2D eigenvalue weighted by Gasteiger charge is -2.05. The van der Waals surface area contributed by atoms with Gasteiger partial charge >= 0.3 is 6.03 Å². The summed E-state index contributed by atoms with van der Waals surface area (Å²) in [4.78, 5) is 11.4. The van der Waals surface area contributed by atoms with E-state index >= 15 is 0 Å². The van der Waals surface area contributed by atoms with Crippen molar-refractivity contribution >= 4 is 23.9 Å². The number of rotatable bonds is 4. The van der Waals surface area contributed by atoms with Crippen LogP contribution in [0.4, 0.5) is 10.5 Å². The molecule has 2 rings (SSSR count). The van der Waals surface area contributed by atoms with Crippen molar-refractivity contribution in [2.24, 2.45) is 0 Å². The van der Waals surface area contributed by atoms with Gasteiger partial charge in [0.05, 0.1) is 0 Å². The molecule has 0 aliphatic heterocycles. The van der Waals surface area contributed by atoms with Gasteiger partial charge in [0.2, 0.25) is 0 Å². The Kier molecular flexibility index (Phi) is 5.03. The van der Waals surface area contributed by atoms with E-state index in [0.29, 0.717) is 12.2 Å². The molecule has 5 nitrogen and oxygen atoms in total. The summed E-state index contributed by atoms with van der Waals surface area (Å²) in [5, 5.41) is 24.1. The second-order valence-electron chi connectivity index (χ2n) is 4.69. The van der Waals surface area contributed by atoms with Gasteiger partial charge in [-0.25, -0.2) is 4.79 Å². The number of hydrogen-bond acceptors (Lipinski definition) is 3. The number of nitrogens with one attached hydrogen (secondary N) is 2. The van der Waals surface area contributed by atoms with E-state index in [1.54, 1.807) is 6.07 Å². The molecule has 0 aliphatic rings. The quantitative estimate of drug-likeness (QED) is 0.516. The zero-order chi connectivity index (χ0) is 15.9. The highest BCUT2D eigenvalue weighted by Gasteiger charge is 2.00. The normalized spacial score (nSPS) is 10.6. The molecule has 0 unspecified atom stereocenters. The Morgan fingerprint density at radius 3 is 2.27 bits per heavy atom. The average Bonchev–Trinajstić information content (AvgIpc) is 2.50. The number of aromatic hydroxyl groups is 2. The van der Waals surface area contributed by atoms with Crippen molar-refractivity contribution < 1.29 is 15.0 Å². The molecule has 2 amide bonds. The van der Waals surface area contributed by atoms with Crippen LogP contribution < -0.4 is 10.6 Å². The van der Waals surface area contributed by atoms with Crippen molar-refractivity contribution in [2.75, 3.05) is 11.9 Å². The van der Waals surface area contributed by atoms with Gasteiger partial charge in [0.1, 0.15) is 0 Å². The number of hydrogen-bond donors (Lipinski definition) is 4. The Hall–Kier alpha value is -2.95. The molecule has 0 saturated heterocycles. The van der Waals surface area contributed by atoms with Gasteiger partial charge in [0.25, 0.3) is 0 Å². The Morgan fingerprint density at radius 1 is 1.00 bits per heavy atom. The molecule has 2 aromatic rings. The van der Waals surface area contributed by atoms with E-state index in [-0.39, 0.29) is 17.5 Å². The van der Waals surface area contributed by atoms with E-state index in [0.717, 1.165) is 11.1 Å². The van der Waals surface area contributed by atoms with Crippen LogP contribution in [-0.2, 0) is 0 Å². The fourth-order valence-electron chi connectivity index (χ4n) is 1.85. The molecule has 4 N–H and O–H groups in total. The number of phenolic OH excluding ortho intramolecular Hbond substituents is 2. The van der Waals surface area contributed by atoms with E-state index in [1.807, 2.05) is 43.3 Å². The molecule has 0 spiro atoms. The van der Waals surface area contributed by atoms with Crippen LogP contribution in [0.3, 0.4) is 0 Å². The van der Waals surface area contributed by atoms with E-state index < -0.39 is 0 Å². The second-order valence-corrected chi connectivity index (χ2v) is 4.69. The number of carbonyl (C=O) groups excluding carboxylic acids is 1. The number of phenols is 2. The molecule has 0 aromatic heterocycles. The van der Waals surface area contributed by atoms with Crippen LogP contribution in [0.2, 0.25) is 0 Å². The van der Waals surface area contributed by atoms with E-state index in [4.69, 9.17) is 0 Å². The highest BCUT2D eigenvalue weighted by Crippen LogP contribution is 2.25. The smallest absolute Gasteiger partial charge is 0.319 e. The maximum atomic E-state index is 11.4. The monoisotopic (exact) mass is 298 g/mol. The van der Waals surface area contributed by atoms with Gasteiger partial charge in [-0.05, 0) is 42.3 Å². The number of anilines is 1. The number of carbonyl (C=O) groups is 1. The Labute approximate surface area is 128 Å². The minimum atomic E-state index is -0.231. The summed E-state index contributed by atoms with van der Waals surface area (Å²) >= 11 is 0. The summed E-state index contributed by atoms with van der Waals surface area (Å²) in [6.45, 7) is 2.43. The van der Waals surface area contributed by atoms with Gasteiger partial charge in [-0.2, -0.15) is 0 Å². The summed E-state index contributed by atoms with van der Waals surface area (Å²) in [6, 6.07) is 11.8. The molecule has 0 aliphatic carbocycles. The Balaban J connectivity index is 2.02. The zero-order valence-corrected chi connectivity index (χ0v) is 12.2. The predicted molar refractivity (Wildman–Crippen MR) is 87.8 cm³/mol. The highest BCUT2D eigenvalue weighted by atomic mass is 16.3. The standard InChI is InChI=1S/C17H18N2O3/c1-2-18-17(22)19-14-8-5-12(6-9-14)3-4-13-7-10-15(20)16(21)11-13/h3-11,20-21H,2H2,1H3,(H2,18,19,22)/b4-3+. The highest BCUT2D eigenvalue weighted by molar-refractivity contribution is 5.89. The van der Waals surface area contributed by atoms with Crippen molar-refractivity contribution in [3.8, 4) is 11.5 Å². The fraction of sp³-hybridized carbons (Fsp3) is 0.118. The largest absolute Gasteiger partial charge is 0.504 e. The first-order valence-corrected chi connectivity index (χ1v) is 6.93. The van der Waals surface area contributed by atoms with Crippen molar-refractivity contribution in [1.29, 1.82) is 0 Å². The third kappa shape index (κ3) is 4.28. The van der Waals surface area contributed by atoms with Gasteiger partial charge in [-0.1, -0.05) is 30.4 Å². The van der Waals surface area contributed by atoms with Crippen LogP contribution in [0.15, 0.2) is 42.5 Å². The molecule has 22 heavy (non-hydrogen) atoms. The third-order valence-corrected chi connectivity index (χ3v) is 2.97. The first-order chi connectivity index (χ1) is 10.6. The van der Waals surface area contributed by atoms with Crippen LogP contribution in [-0.4, -0.2) is 22.8 Å². The van der Waals surface area contributed by atoms with E-state index in [1.165, 1.54) is 12.1 Å².